The molecular weight excluding hydrogens is 246 g/mol. The summed E-state index contributed by atoms with van der Waals surface area (Å²) in [7, 11) is 1.28. The molecule has 0 saturated carbocycles. The molecule has 0 rings (SSSR count). The molecule has 0 aliphatic rings. The lowest BCUT2D eigenvalue weighted by atomic mass is 10.0. The number of hydrogen-bond acceptors (Lipinski definition) is 4. The molecule has 0 radical (unpaired) electrons. The molecule has 5 nitrogen and oxygen atoms in total. The van der Waals surface area contributed by atoms with Crippen LogP contribution in [0.2, 0.25) is 0 Å². The van der Waals surface area contributed by atoms with Crippen LogP contribution in [0.15, 0.2) is 12.7 Å². The van der Waals surface area contributed by atoms with E-state index in [-0.39, 0.29) is 5.92 Å². The van der Waals surface area contributed by atoms with Crippen LogP contribution in [0, 0.1) is 5.92 Å². The number of carbonyl (C=O) groups excluding carboxylic acids is 2. The maximum Gasteiger partial charge on any atom is 0.328 e. The summed E-state index contributed by atoms with van der Waals surface area (Å²) in [6, 6.07) is -0.709. The maximum absolute atomic E-state index is 11.8. The Hall–Kier alpha value is -1.36. The van der Waals surface area contributed by atoms with E-state index < -0.39 is 24.0 Å². The number of methoxy groups -OCH3 is 1. The second-order valence-electron chi connectivity index (χ2n) is 4.95. The van der Waals surface area contributed by atoms with Crippen molar-refractivity contribution in [1.82, 2.24) is 5.32 Å². The molecule has 0 bridgehead atoms. The molecule has 0 fully saturated rings. The van der Waals surface area contributed by atoms with E-state index in [4.69, 9.17) is 0 Å². The third-order valence-corrected chi connectivity index (χ3v) is 2.70. The molecule has 0 spiro atoms. The van der Waals surface area contributed by atoms with E-state index in [1.807, 2.05) is 13.8 Å². The molecule has 19 heavy (non-hydrogen) atoms. The predicted octanol–water partition coefficient (Wildman–Crippen LogP) is 1.41. The van der Waals surface area contributed by atoms with Crippen LogP contribution in [0.5, 0.6) is 0 Å². The Morgan fingerprint density at radius 1 is 1.42 bits per heavy atom. The van der Waals surface area contributed by atoms with Crippen LogP contribution in [0.3, 0.4) is 0 Å². The number of carbonyl (C=O) groups is 2. The van der Waals surface area contributed by atoms with Crippen molar-refractivity contribution in [3.63, 3.8) is 0 Å². The van der Waals surface area contributed by atoms with Crippen LogP contribution in [0.1, 0.15) is 39.5 Å². The molecule has 0 heterocycles. The van der Waals surface area contributed by atoms with E-state index >= 15 is 0 Å². The summed E-state index contributed by atoms with van der Waals surface area (Å²) in [6.45, 7) is 7.43. The van der Waals surface area contributed by atoms with Gasteiger partial charge in [0.25, 0.3) is 0 Å². The Morgan fingerprint density at radius 2 is 2.05 bits per heavy atom. The molecule has 2 atom stereocenters. The average Bonchev–Trinajstić information content (AvgIpc) is 2.35. The highest BCUT2D eigenvalue weighted by Crippen LogP contribution is 2.07. The van der Waals surface area contributed by atoms with Gasteiger partial charge in [0.2, 0.25) is 5.91 Å². The zero-order chi connectivity index (χ0) is 14.8. The Kier molecular flexibility index (Phi) is 8.87. The minimum atomic E-state index is -1.09. The Bertz CT molecular complexity index is 302. The number of amides is 1. The first-order valence-electron chi connectivity index (χ1n) is 6.59. The quantitative estimate of drug-likeness (QED) is 0.378. The van der Waals surface area contributed by atoms with E-state index in [9.17, 15) is 14.7 Å². The van der Waals surface area contributed by atoms with Crippen LogP contribution >= 0.6 is 0 Å². The normalized spacial score (nSPS) is 13.7. The summed E-state index contributed by atoms with van der Waals surface area (Å²) in [4.78, 5) is 23.3. The number of nitrogens with one attached hydrogen (secondary N) is 1. The lowest BCUT2D eigenvalue weighted by Gasteiger charge is -2.19. The van der Waals surface area contributed by atoms with Crippen molar-refractivity contribution in [3.05, 3.63) is 12.7 Å². The van der Waals surface area contributed by atoms with E-state index in [0.717, 1.165) is 12.8 Å². The highest BCUT2D eigenvalue weighted by molar-refractivity contribution is 5.86. The van der Waals surface area contributed by atoms with Gasteiger partial charge in [-0.15, -0.1) is 6.58 Å². The smallest absolute Gasteiger partial charge is 0.328 e. The monoisotopic (exact) mass is 271 g/mol. The van der Waals surface area contributed by atoms with Crippen molar-refractivity contribution in [2.24, 2.45) is 5.92 Å². The lowest BCUT2D eigenvalue weighted by Crippen LogP contribution is -2.46. The van der Waals surface area contributed by atoms with Gasteiger partial charge in [-0.1, -0.05) is 19.9 Å². The van der Waals surface area contributed by atoms with Crippen molar-refractivity contribution < 1.29 is 19.4 Å². The summed E-state index contributed by atoms with van der Waals surface area (Å²) in [5.41, 5.74) is 0. The second-order valence-corrected chi connectivity index (χ2v) is 4.95. The molecule has 0 unspecified atom stereocenters. The molecule has 0 aliphatic carbocycles. The number of rotatable bonds is 9. The minimum absolute atomic E-state index is 0.207. The average molecular weight is 271 g/mol. The number of aliphatic hydroxyl groups is 1. The van der Waals surface area contributed by atoms with Gasteiger partial charge in [0.05, 0.1) is 7.11 Å². The van der Waals surface area contributed by atoms with Gasteiger partial charge in [-0.25, -0.2) is 4.79 Å². The summed E-state index contributed by atoms with van der Waals surface area (Å²) in [5.74, 6) is -0.810. The van der Waals surface area contributed by atoms with Gasteiger partial charge in [0.1, 0.15) is 12.1 Å². The zero-order valence-corrected chi connectivity index (χ0v) is 12.0. The minimum Gasteiger partial charge on any atom is -0.467 e. The fourth-order valence-corrected chi connectivity index (χ4v) is 1.68. The van der Waals surface area contributed by atoms with Crippen molar-refractivity contribution in [2.75, 3.05) is 7.11 Å². The number of ether oxygens (including phenoxy) is 1. The SMILES string of the molecule is C=CCCC[C@H](NC(=O)[C@H](O)CC(C)C)C(=O)OC. The Morgan fingerprint density at radius 3 is 2.53 bits per heavy atom. The standard InChI is InChI=1S/C14H25NO4/c1-5-6-7-8-11(14(18)19-4)15-13(17)12(16)9-10(2)3/h5,10-12,16H,1,6-9H2,2-4H3,(H,15,17)/t11-,12+/m0/s1. The van der Waals surface area contributed by atoms with Gasteiger partial charge < -0.3 is 15.2 Å². The predicted molar refractivity (Wildman–Crippen MR) is 73.5 cm³/mol. The van der Waals surface area contributed by atoms with Crippen LogP contribution in [0.4, 0.5) is 0 Å². The van der Waals surface area contributed by atoms with Crippen LogP contribution in [0.25, 0.3) is 0 Å². The zero-order valence-electron chi connectivity index (χ0n) is 12.0. The summed E-state index contributed by atoms with van der Waals surface area (Å²) in [5, 5.41) is 12.2. The fraction of sp³-hybridized carbons (Fsp3) is 0.714. The molecule has 0 aromatic carbocycles. The van der Waals surface area contributed by atoms with E-state index in [1.54, 1.807) is 6.08 Å². The van der Waals surface area contributed by atoms with Gasteiger partial charge in [0, 0.05) is 0 Å². The van der Waals surface area contributed by atoms with E-state index in [2.05, 4.69) is 16.6 Å². The number of aliphatic hydroxyl groups excluding tert-OH is 1. The van der Waals surface area contributed by atoms with Crippen molar-refractivity contribution in [3.8, 4) is 0 Å². The van der Waals surface area contributed by atoms with Crippen molar-refractivity contribution >= 4 is 11.9 Å². The number of hydrogen-bond donors (Lipinski definition) is 2. The molecule has 5 heteroatoms. The highest BCUT2D eigenvalue weighted by Gasteiger charge is 2.24. The molecular formula is C14H25NO4. The first-order chi connectivity index (χ1) is 8.92. The molecule has 2 N–H and O–H groups in total. The van der Waals surface area contributed by atoms with Gasteiger partial charge in [-0.05, 0) is 31.6 Å². The van der Waals surface area contributed by atoms with E-state index in [1.165, 1.54) is 7.11 Å². The van der Waals surface area contributed by atoms with Crippen LogP contribution in [-0.2, 0) is 14.3 Å². The van der Waals surface area contributed by atoms with Gasteiger partial charge in [-0.2, -0.15) is 0 Å². The molecule has 1 amide bonds. The summed E-state index contributed by atoms with van der Waals surface area (Å²) < 4.78 is 4.64. The second kappa shape index (κ2) is 9.55. The lowest BCUT2D eigenvalue weighted by molar-refractivity contribution is -0.146. The van der Waals surface area contributed by atoms with Gasteiger partial charge in [-0.3, -0.25) is 4.79 Å². The topological polar surface area (TPSA) is 75.6 Å². The molecule has 0 aromatic rings. The number of esters is 1. The molecule has 0 aromatic heterocycles. The number of unbranched alkanes of at least 4 members (excludes halogenated alkanes) is 1. The molecule has 110 valence electrons. The first-order valence-corrected chi connectivity index (χ1v) is 6.59. The fourth-order valence-electron chi connectivity index (χ4n) is 1.68. The summed E-state index contributed by atoms with van der Waals surface area (Å²) in [6.07, 6.45) is 2.99. The van der Waals surface area contributed by atoms with Crippen molar-refractivity contribution in [1.29, 1.82) is 0 Å². The third-order valence-electron chi connectivity index (χ3n) is 2.70. The Labute approximate surface area is 115 Å². The highest BCUT2D eigenvalue weighted by atomic mass is 16.5. The van der Waals surface area contributed by atoms with Crippen LogP contribution in [-0.4, -0.2) is 36.2 Å². The Balaban J connectivity index is 4.40. The summed E-state index contributed by atoms with van der Waals surface area (Å²) >= 11 is 0. The van der Waals surface area contributed by atoms with Crippen LogP contribution < -0.4 is 5.32 Å². The first kappa shape index (κ1) is 17.6. The third kappa shape index (κ3) is 7.62. The largest absolute Gasteiger partial charge is 0.467 e. The van der Waals surface area contributed by atoms with Gasteiger partial charge >= 0.3 is 5.97 Å². The molecule has 0 aliphatic heterocycles. The van der Waals surface area contributed by atoms with E-state index in [0.29, 0.717) is 12.8 Å². The molecule has 0 saturated heterocycles. The van der Waals surface area contributed by atoms with Crippen molar-refractivity contribution in [2.45, 2.75) is 51.7 Å². The maximum atomic E-state index is 11.8. The number of allylic oxidation sites excluding steroid dienone is 1. The van der Waals surface area contributed by atoms with Gasteiger partial charge in [0.15, 0.2) is 0 Å².